The molecule has 0 bridgehead atoms. The summed E-state index contributed by atoms with van der Waals surface area (Å²) in [5.74, 6) is 0. The van der Waals surface area contributed by atoms with E-state index < -0.39 is 0 Å². The van der Waals surface area contributed by atoms with Crippen LogP contribution >= 0.6 is 15.9 Å². The van der Waals surface area contributed by atoms with Gasteiger partial charge >= 0.3 is 0 Å². The van der Waals surface area contributed by atoms with Crippen LogP contribution in [0.25, 0.3) is 10.9 Å². The van der Waals surface area contributed by atoms with Crippen LogP contribution in [-0.4, -0.2) is 4.98 Å². The van der Waals surface area contributed by atoms with Crippen molar-refractivity contribution in [2.45, 2.75) is 46.0 Å². The molecule has 0 aliphatic rings. The Morgan fingerprint density at radius 1 is 1.18 bits per heavy atom. The lowest BCUT2D eigenvalue weighted by Crippen LogP contribution is -1.87. The van der Waals surface area contributed by atoms with E-state index in [-0.39, 0.29) is 0 Å². The van der Waals surface area contributed by atoms with Gasteiger partial charge in [0.2, 0.25) is 0 Å². The van der Waals surface area contributed by atoms with Crippen LogP contribution in [0.5, 0.6) is 0 Å². The lowest BCUT2D eigenvalue weighted by atomic mass is 10.0. The van der Waals surface area contributed by atoms with Gasteiger partial charge in [0, 0.05) is 15.6 Å². The van der Waals surface area contributed by atoms with E-state index in [0.717, 1.165) is 4.47 Å². The monoisotopic (exact) mass is 293 g/mol. The van der Waals surface area contributed by atoms with Crippen molar-refractivity contribution < 1.29 is 0 Å². The Kier molecular flexibility index (Phi) is 4.27. The minimum Gasteiger partial charge on any atom is -0.357 e. The second-order valence-electron chi connectivity index (χ2n) is 4.70. The van der Waals surface area contributed by atoms with E-state index in [9.17, 15) is 0 Å². The van der Waals surface area contributed by atoms with Crippen molar-refractivity contribution in [3.63, 3.8) is 0 Å². The van der Waals surface area contributed by atoms with Gasteiger partial charge in [-0.25, -0.2) is 0 Å². The van der Waals surface area contributed by atoms with Crippen molar-refractivity contribution in [3.05, 3.63) is 33.9 Å². The van der Waals surface area contributed by atoms with Crippen molar-refractivity contribution in [3.8, 4) is 0 Å². The highest BCUT2D eigenvalue weighted by molar-refractivity contribution is 9.10. The molecule has 0 saturated carbocycles. The lowest BCUT2D eigenvalue weighted by molar-refractivity contribution is 0.667. The number of aromatic nitrogens is 1. The number of para-hydroxylation sites is 1. The number of H-pyrrole nitrogens is 1. The van der Waals surface area contributed by atoms with Crippen molar-refractivity contribution >= 4 is 26.8 Å². The van der Waals surface area contributed by atoms with Gasteiger partial charge in [-0.15, -0.1) is 0 Å². The van der Waals surface area contributed by atoms with Crippen LogP contribution in [0.1, 0.15) is 43.9 Å². The van der Waals surface area contributed by atoms with Crippen molar-refractivity contribution in [1.82, 2.24) is 4.98 Å². The zero-order valence-electron chi connectivity index (χ0n) is 10.6. The van der Waals surface area contributed by atoms with Gasteiger partial charge in [-0.1, -0.05) is 38.3 Å². The van der Waals surface area contributed by atoms with Gasteiger partial charge in [0.15, 0.2) is 0 Å². The SMILES string of the molecule is CCCCCCc1c(C)[nH]c2c(Br)cccc12. The smallest absolute Gasteiger partial charge is 0.0603 e. The predicted octanol–water partition coefficient (Wildman–Crippen LogP) is 5.36. The fourth-order valence-corrected chi connectivity index (χ4v) is 2.88. The first-order chi connectivity index (χ1) is 8.24. The first-order valence-corrected chi connectivity index (χ1v) is 7.29. The number of halogens is 1. The molecule has 0 unspecified atom stereocenters. The molecule has 2 rings (SSSR count). The van der Waals surface area contributed by atoms with Gasteiger partial charge in [0.1, 0.15) is 0 Å². The van der Waals surface area contributed by atoms with E-state index in [4.69, 9.17) is 0 Å². The van der Waals surface area contributed by atoms with Crippen molar-refractivity contribution in [2.24, 2.45) is 0 Å². The summed E-state index contributed by atoms with van der Waals surface area (Å²) in [6.07, 6.45) is 6.50. The fraction of sp³-hybridized carbons (Fsp3) is 0.467. The first-order valence-electron chi connectivity index (χ1n) is 6.49. The highest BCUT2D eigenvalue weighted by Crippen LogP contribution is 2.29. The molecule has 0 atom stereocenters. The number of hydrogen-bond acceptors (Lipinski definition) is 0. The normalized spacial score (nSPS) is 11.2. The molecule has 1 aromatic heterocycles. The molecule has 0 amide bonds. The van der Waals surface area contributed by atoms with Gasteiger partial charge < -0.3 is 4.98 Å². The number of fused-ring (bicyclic) bond motifs is 1. The Bertz CT molecular complexity index is 499. The van der Waals surface area contributed by atoms with Crippen LogP contribution in [0.3, 0.4) is 0 Å². The summed E-state index contributed by atoms with van der Waals surface area (Å²) in [6.45, 7) is 4.44. The third-order valence-electron chi connectivity index (χ3n) is 3.38. The summed E-state index contributed by atoms with van der Waals surface area (Å²) in [4.78, 5) is 3.49. The highest BCUT2D eigenvalue weighted by atomic mass is 79.9. The minimum atomic E-state index is 1.16. The van der Waals surface area contributed by atoms with E-state index in [2.05, 4.69) is 53.0 Å². The van der Waals surface area contributed by atoms with E-state index in [1.165, 1.54) is 54.3 Å². The maximum atomic E-state index is 3.61. The summed E-state index contributed by atoms with van der Waals surface area (Å²) in [5, 5.41) is 1.38. The third-order valence-corrected chi connectivity index (χ3v) is 4.05. The van der Waals surface area contributed by atoms with Crippen LogP contribution in [0.15, 0.2) is 22.7 Å². The summed E-state index contributed by atoms with van der Waals surface area (Å²) in [7, 11) is 0. The second-order valence-corrected chi connectivity index (χ2v) is 5.56. The van der Waals surface area contributed by atoms with Crippen LogP contribution < -0.4 is 0 Å². The van der Waals surface area contributed by atoms with E-state index >= 15 is 0 Å². The molecule has 0 radical (unpaired) electrons. The zero-order chi connectivity index (χ0) is 12.3. The molecule has 92 valence electrons. The number of aryl methyl sites for hydroxylation is 2. The van der Waals surface area contributed by atoms with Crippen LogP contribution in [-0.2, 0) is 6.42 Å². The number of nitrogens with one attached hydrogen (secondary N) is 1. The predicted molar refractivity (Wildman–Crippen MR) is 78.6 cm³/mol. The molecule has 1 heterocycles. The number of rotatable bonds is 5. The standard InChI is InChI=1S/C15H20BrN/c1-3-4-5-6-8-12-11(2)17-15-13(12)9-7-10-14(15)16/h7,9-10,17H,3-6,8H2,1-2H3. The molecule has 1 N–H and O–H groups in total. The van der Waals surface area contributed by atoms with Crippen LogP contribution in [0.2, 0.25) is 0 Å². The quantitative estimate of drug-likeness (QED) is 0.714. The maximum absolute atomic E-state index is 3.61. The summed E-state index contributed by atoms with van der Waals surface area (Å²) in [6, 6.07) is 6.44. The van der Waals surface area contributed by atoms with Gasteiger partial charge in [-0.05, 0) is 47.3 Å². The molecule has 0 spiro atoms. The molecule has 0 aliphatic heterocycles. The molecule has 1 aromatic carbocycles. The van der Waals surface area contributed by atoms with E-state index in [0.29, 0.717) is 0 Å². The largest absolute Gasteiger partial charge is 0.357 e. The number of unbranched alkanes of at least 4 members (excludes halogenated alkanes) is 3. The second kappa shape index (κ2) is 5.72. The van der Waals surface area contributed by atoms with Gasteiger partial charge in [0.05, 0.1) is 5.52 Å². The maximum Gasteiger partial charge on any atom is 0.0603 e. The Morgan fingerprint density at radius 2 is 2.00 bits per heavy atom. The molecular weight excluding hydrogens is 274 g/mol. The van der Waals surface area contributed by atoms with E-state index in [1.807, 2.05) is 0 Å². The van der Waals surface area contributed by atoms with Gasteiger partial charge in [0.25, 0.3) is 0 Å². The summed E-state index contributed by atoms with van der Waals surface area (Å²) >= 11 is 3.61. The van der Waals surface area contributed by atoms with E-state index in [1.54, 1.807) is 0 Å². The Morgan fingerprint density at radius 3 is 2.76 bits per heavy atom. The Labute approximate surface area is 112 Å². The Hall–Kier alpha value is -0.760. The number of benzene rings is 1. The first kappa shape index (κ1) is 12.7. The molecule has 0 aliphatic carbocycles. The fourth-order valence-electron chi connectivity index (χ4n) is 2.42. The average molecular weight is 294 g/mol. The lowest BCUT2D eigenvalue weighted by Gasteiger charge is -2.01. The molecule has 1 nitrogen and oxygen atoms in total. The average Bonchev–Trinajstić information content (AvgIpc) is 2.63. The molecule has 0 saturated heterocycles. The third kappa shape index (κ3) is 2.74. The topological polar surface area (TPSA) is 15.8 Å². The number of hydrogen-bond donors (Lipinski definition) is 1. The minimum absolute atomic E-state index is 1.16. The molecule has 0 fully saturated rings. The summed E-state index contributed by atoms with van der Waals surface area (Å²) < 4.78 is 1.16. The molecular formula is C15H20BrN. The highest BCUT2D eigenvalue weighted by Gasteiger charge is 2.09. The molecule has 17 heavy (non-hydrogen) atoms. The Balaban J connectivity index is 2.21. The van der Waals surface area contributed by atoms with Gasteiger partial charge in [-0.2, -0.15) is 0 Å². The zero-order valence-corrected chi connectivity index (χ0v) is 12.2. The number of aromatic amines is 1. The summed E-state index contributed by atoms with van der Waals surface area (Å²) in [5.41, 5.74) is 4.07. The molecule has 2 heteroatoms. The van der Waals surface area contributed by atoms with Crippen molar-refractivity contribution in [1.29, 1.82) is 0 Å². The van der Waals surface area contributed by atoms with Crippen molar-refractivity contribution in [2.75, 3.05) is 0 Å². The molecule has 2 aromatic rings. The van der Waals surface area contributed by atoms with Gasteiger partial charge in [-0.3, -0.25) is 0 Å². The van der Waals surface area contributed by atoms with Crippen LogP contribution in [0, 0.1) is 6.92 Å². The van der Waals surface area contributed by atoms with Crippen LogP contribution in [0.4, 0.5) is 0 Å².